The van der Waals surface area contributed by atoms with E-state index in [0.717, 1.165) is 25.9 Å². The largest absolute Gasteiger partial charge is 0.324 e. The molecule has 0 saturated carbocycles. The lowest BCUT2D eigenvalue weighted by molar-refractivity contribution is -0.114. The Hall–Kier alpha value is -3.14. The van der Waals surface area contributed by atoms with Gasteiger partial charge in [-0.3, -0.25) is 13.9 Å². The van der Waals surface area contributed by atoms with E-state index in [1.807, 2.05) is 0 Å². The van der Waals surface area contributed by atoms with E-state index in [2.05, 4.69) is 5.32 Å². The molecule has 1 amide bonds. The Morgan fingerprint density at radius 3 is 2.44 bits per heavy atom. The molecule has 4 rings (SSSR count). The molecule has 32 heavy (non-hydrogen) atoms. The van der Waals surface area contributed by atoms with E-state index in [-0.39, 0.29) is 9.77 Å². The van der Waals surface area contributed by atoms with E-state index in [9.17, 15) is 18.0 Å². The third kappa shape index (κ3) is 4.40. The Morgan fingerprint density at radius 2 is 1.75 bits per heavy atom. The van der Waals surface area contributed by atoms with Crippen LogP contribution in [0, 0.1) is 0 Å². The van der Waals surface area contributed by atoms with Gasteiger partial charge in [0.15, 0.2) is 0 Å². The number of halogens is 1. The summed E-state index contributed by atoms with van der Waals surface area (Å²) in [6.07, 6.45) is 0. The predicted octanol–water partition coefficient (Wildman–Crippen LogP) is 4.09. The summed E-state index contributed by atoms with van der Waals surface area (Å²) < 4.78 is 29.9. The third-order valence-electron chi connectivity index (χ3n) is 4.81. The van der Waals surface area contributed by atoms with Gasteiger partial charge in [0.1, 0.15) is 6.54 Å². The summed E-state index contributed by atoms with van der Waals surface area (Å²) in [4.78, 5) is 24.6. The molecule has 7 nitrogen and oxygen atoms in total. The summed E-state index contributed by atoms with van der Waals surface area (Å²) in [5.74, 6) is -0.519. The van der Waals surface area contributed by atoms with Crippen LogP contribution < -0.4 is 14.5 Å². The zero-order valence-electron chi connectivity index (χ0n) is 16.9. The van der Waals surface area contributed by atoms with Gasteiger partial charge in [0.25, 0.3) is 10.0 Å². The van der Waals surface area contributed by atoms with Crippen LogP contribution in [-0.2, 0) is 21.9 Å². The lowest BCUT2D eigenvalue weighted by atomic mass is 10.3. The van der Waals surface area contributed by atoms with E-state index < -0.39 is 22.5 Å². The maximum Gasteiger partial charge on any atom is 0.307 e. The summed E-state index contributed by atoms with van der Waals surface area (Å²) in [5.41, 5.74) is 1.59. The van der Waals surface area contributed by atoms with E-state index >= 15 is 0 Å². The molecule has 0 aliphatic carbocycles. The maximum atomic E-state index is 13.3. The standard InChI is InChI=1S/C22H18ClN3O4S2/c1-25-19-12-9-16(13-20(19)31-22(25)28)24-21(27)14-26(17-5-3-2-4-6-17)32(29,30)18-10-7-15(23)8-11-18/h2-13H,14H2,1H3,(H,24,27). The Balaban J connectivity index is 1.63. The lowest BCUT2D eigenvalue weighted by Crippen LogP contribution is -2.38. The van der Waals surface area contributed by atoms with Crippen molar-refractivity contribution in [1.29, 1.82) is 0 Å². The number of amides is 1. The van der Waals surface area contributed by atoms with Crippen LogP contribution in [0.25, 0.3) is 10.2 Å². The number of nitrogens with zero attached hydrogens (tertiary/aromatic N) is 2. The number of nitrogens with one attached hydrogen (secondary N) is 1. The number of sulfonamides is 1. The molecule has 0 unspecified atom stereocenters. The molecule has 0 bridgehead atoms. The normalized spacial score (nSPS) is 11.4. The summed E-state index contributed by atoms with van der Waals surface area (Å²) >= 11 is 6.97. The van der Waals surface area contributed by atoms with Gasteiger partial charge in [0.05, 0.1) is 20.8 Å². The number of carbonyl (C=O) groups is 1. The maximum absolute atomic E-state index is 13.3. The molecule has 4 aromatic rings. The van der Waals surface area contributed by atoms with E-state index in [4.69, 9.17) is 11.6 Å². The Bertz CT molecular complexity index is 1450. The second kappa shape index (κ2) is 8.78. The SMILES string of the molecule is Cn1c(=O)sc2cc(NC(=O)CN(c3ccccc3)S(=O)(=O)c3ccc(Cl)cc3)ccc21. The number of anilines is 2. The summed E-state index contributed by atoms with van der Waals surface area (Å²) in [6.45, 7) is -0.433. The van der Waals surface area contributed by atoms with Gasteiger partial charge in [0.2, 0.25) is 5.91 Å². The van der Waals surface area contributed by atoms with Crippen LogP contribution in [0.1, 0.15) is 0 Å². The quantitative estimate of drug-likeness (QED) is 0.443. The average Bonchev–Trinajstić information content (AvgIpc) is 3.05. The first kappa shape index (κ1) is 22.1. The van der Waals surface area contributed by atoms with Crippen LogP contribution in [0.15, 0.2) is 82.5 Å². The smallest absolute Gasteiger partial charge is 0.307 e. The Labute approximate surface area is 193 Å². The van der Waals surface area contributed by atoms with Crippen molar-refractivity contribution >= 4 is 60.5 Å². The second-order valence-corrected chi connectivity index (χ2v) is 10.3. The van der Waals surface area contributed by atoms with Crippen molar-refractivity contribution in [3.05, 3.63) is 87.5 Å². The lowest BCUT2D eigenvalue weighted by Gasteiger charge is -2.24. The van der Waals surface area contributed by atoms with E-state index in [1.165, 1.54) is 28.8 Å². The highest BCUT2D eigenvalue weighted by Gasteiger charge is 2.27. The fraction of sp³-hybridized carbons (Fsp3) is 0.0909. The van der Waals surface area contributed by atoms with Crippen molar-refractivity contribution in [3.63, 3.8) is 0 Å². The van der Waals surface area contributed by atoms with Crippen LogP contribution in [0.2, 0.25) is 5.02 Å². The predicted molar refractivity (Wildman–Crippen MR) is 128 cm³/mol. The zero-order valence-corrected chi connectivity index (χ0v) is 19.2. The number of hydrogen-bond acceptors (Lipinski definition) is 5. The van der Waals surface area contributed by atoms with Gasteiger partial charge in [-0.25, -0.2) is 8.42 Å². The highest BCUT2D eigenvalue weighted by Crippen LogP contribution is 2.25. The highest BCUT2D eigenvalue weighted by atomic mass is 35.5. The Morgan fingerprint density at radius 1 is 1.06 bits per heavy atom. The zero-order chi connectivity index (χ0) is 22.9. The number of aromatic nitrogens is 1. The van der Waals surface area contributed by atoms with Crippen LogP contribution in [0.4, 0.5) is 11.4 Å². The van der Waals surface area contributed by atoms with Crippen LogP contribution in [0.5, 0.6) is 0 Å². The number of benzene rings is 3. The molecule has 0 aliphatic rings. The minimum Gasteiger partial charge on any atom is -0.324 e. The first-order valence-electron chi connectivity index (χ1n) is 9.48. The van der Waals surface area contributed by atoms with Gasteiger partial charge in [-0.05, 0) is 54.6 Å². The van der Waals surface area contributed by atoms with Crippen LogP contribution >= 0.6 is 22.9 Å². The molecule has 0 aliphatic heterocycles. The fourth-order valence-corrected chi connectivity index (χ4v) is 5.65. The van der Waals surface area contributed by atoms with Gasteiger partial charge in [0, 0.05) is 17.8 Å². The second-order valence-electron chi connectivity index (χ2n) is 6.96. The molecule has 1 heterocycles. The van der Waals surface area contributed by atoms with Crippen LogP contribution in [-0.4, -0.2) is 25.4 Å². The van der Waals surface area contributed by atoms with Gasteiger partial charge in [-0.15, -0.1) is 0 Å². The topological polar surface area (TPSA) is 88.5 Å². The highest BCUT2D eigenvalue weighted by molar-refractivity contribution is 7.92. The van der Waals surface area contributed by atoms with Gasteiger partial charge >= 0.3 is 4.87 Å². The molecular weight excluding hydrogens is 470 g/mol. The first-order valence-corrected chi connectivity index (χ1v) is 12.1. The molecule has 0 fully saturated rings. The molecule has 0 radical (unpaired) electrons. The molecule has 1 N–H and O–H groups in total. The van der Waals surface area contributed by atoms with E-state index in [1.54, 1.807) is 55.6 Å². The first-order chi connectivity index (χ1) is 15.3. The molecule has 0 atom stereocenters. The number of carbonyl (C=O) groups excluding carboxylic acids is 1. The van der Waals surface area contributed by atoms with Crippen molar-refractivity contribution in [3.8, 4) is 0 Å². The minimum absolute atomic E-state index is 0.0223. The number of rotatable bonds is 6. The number of thiazole rings is 1. The summed E-state index contributed by atoms with van der Waals surface area (Å²) in [5, 5.41) is 3.13. The number of hydrogen-bond donors (Lipinski definition) is 1. The third-order valence-corrected chi connectivity index (χ3v) is 7.84. The van der Waals surface area contributed by atoms with Gasteiger partial charge in [-0.1, -0.05) is 41.1 Å². The molecule has 3 aromatic carbocycles. The number of aryl methyl sites for hydroxylation is 1. The minimum atomic E-state index is -4.02. The molecule has 1 aromatic heterocycles. The van der Waals surface area contributed by atoms with Crippen molar-refractivity contribution in [2.24, 2.45) is 7.05 Å². The van der Waals surface area contributed by atoms with Crippen LogP contribution in [0.3, 0.4) is 0 Å². The molecule has 0 saturated heterocycles. The van der Waals surface area contributed by atoms with Crippen molar-refractivity contribution in [1.82, 2.24) is 4.57 Å². The molecule has 0 spiro atoms. The van der Waals surface area contributed by atoms with Crippen molar-refractivity contribution < 1.29 is 13.2 Å². The van der Waals surface area contributed by atoms with E-state index in [0.29, 0.717) is 16.4 Å². The van der Waals surface area contributed by atoms with Gasteiger partial charge in [-0.2, -0.15) is 0 Å². The van der Waals surface area contributed by atoms with Gasteiger partial charge < -0.3 is 9.88 Å². The number of para-hydroxylation sites is 1. The number of fused-ring (bicyclic) bond motifs is 1. The summed E-state index contributed by atoms with van der Waals surface area (Å²) in [6, 6.07) is 19.3. The Kier molecular flexibility index (Phi) is 6.05. The molecule has 164 valence electrons. The van der Waals surface area contributed by atoms with Crippen molar-refractivity contribution in [2.45, 2.75) is 4.90 Å². The molecular formula is C22H18ClN3O4S2. The monoisotopic (exact) mass is 487 g/mol. The molecule has 10 heteroatoms. The van der Waals surface area contributed by atoms with Crippen molar-refractivity contribution in [2.75, 3.05) is 16.2 Å². The average molecular weight is 488 g/mol. The fourth-order valence-electron chi connectivity index (χ4n) is 3.19. The summed E-state index contributed by atoms with van der Waals surface area (Å²) in [7, 11) is -2.34.